The summed E-state index contributed by atoms with van der Waals surface area (Å²) in [7, 11) is 3.13. The van der Waals surface area contributed by atoms with Crippen molar-refractivity contribution in [3.05, 3.63) is 51.3 Å². The lowest BCUT2D eigenvalue weighted by atomic mass is 10.0. The van der Waals surface area contributed by atoms with E-state index in [0.29, 0.717) is 16.5 Å². The van der Waals surface area contributed by atoms with Gasteiger partial charge in [-0.15, -0.1) is 11.3 Å². The molecule has 0 aliphatic carbocycles. The van der Waals surface area contributed by atoms with Crippen molar-refractivity contribution >= 4 is 17.2 Å². The summed E-state index contributed by atoms with van der Waals surface area (Å²) in [5, 5.41) is 13.0. The highest BCUT2D eigenvalue weighted by Gasteiger charge is 2.18. The van der Waals surface area contributed by atoms with Gasteiger partial charge in [-0.1, -0.05) is 0 Å². The molecular formula is C18H21N5O4S. The molecule has 0 saturated carbocycles. The minimum absolute atomic E-state index is 0.221. The van der Waals surface area contributed by atoms with E-state index in [1.165, 1.54) is 16.0 Å². The number of aryl methyl sites for hydroxylation is 1. The summed E-state index contributed by atoms with van der Waals surface area (Å²) in [6.45, 7) is 3.56. The van der Waals surface area contributed by atoms with E-state index in [0.717, 1.165) is 15.8 Å². The summed E-state index contributed by atoms with van der Waals surface area (Å²) in [5.41, 5.74) is 1.37. The highest BCUT2D eigenvalue weighted by Crippen LogP contribution is 2.32. The van der Waals surface area contributed by atoms with Crippen molar-refractivity contribution < 1.29 is 14.3 Å². The lowest BCUT2D eigenvalue weighted by Gasteiger charge is -2.19. The predicted molar refractivity (Wildman–Crippen MR) is 104 cm³/mol. The molecule has 0 aliphatic heterocycles. The van der Waals surface area contributed by atoms with Gasteiger partial charge in [0.2, 0.25) is 5.91 Å². The Bertz CT molecular complexity index is 1030. The maximum atomic E-state index is 12.4. The van der Waals surface area contributed by atoms with Crippen LogP contribution in [0.4, 0.5) is 0 Å². The third kappa shape index (κ3) is 3.91. The van der Waals surface area contributed by atoms with Gasteiger partial charge in [0.1, 0.15) is 11.5 Å². The van der Waals surface area contributed by atoms with Crippen molar-refractivity contribution in [3.8, 4) is 16.5 Å². The topological polar surface area (TPSA) is 100 Å². The van der Waals surface area contributed by atoms with E-state index in [4.69, 9.17) is 9.47 Å². The van der Waals surface area contributed by atoms with Crippen molar-refractivity contribution in [2.75, 3.05) is 14.2 Å². The Balaban J connectivity index is 1.73. The van der Waals surface area contributed by atoms with Crippen LogP contribution in [0.1, 0.15) is 24.1 Å². The van der Waals surface area contributed by atoms with Crippen molar-refractivity contribution in [1.82, 2.24) is 25.1 Å². The summed E-state index contributed by atoms with van der Waals surface area (Å²) in [6.07, 6.45) is 0. The Labute approximate surface area is 165 Å². The molecule has 0 aliphatic rings. The standard InChI is InChI=1S/C18H21N5O4S/c1-11-8-14(26-3)15(27-4)9-13(11)12(2)19-16(24)10-22-18(25)23(21-20-22)17-6-5-7-28-17/h5-9,12H,10H2,1-4H3,(H,19,24)/t12-/m1/s1. The number of methoxy groups -OCH3 is 2. The Morgan fingerprint density at radius 1 is 1.25 bits per heavy atom. The van der Waals surface area contributed by atoms with Crippen molar-refractivity contribution in [2.24, 2.45) is 0 Å². The number of rotatable bonds is 7. The molecule has 28 heavy (non-hydrogen) atoms. The molecule has 1 N–H and O–H groups in total. The average molecular weight is 403 g/mol. The zero-order valence-electron chi connectivity index (χ0n) is 16.0. The quantitative estimate of drug-likeness (QED) is 0.644. The number of aromatic nitrogens is 4. The minimum atomic E-state index is -0.465. The second kappa shape index (κ2) is 8.26. The number of tetrazole rings is 1. The number of nitrogens with zero attached hydrogens (tertiary/aromatic N) is 4. The molecule has 0 fully saturated rings. The van der Waals surface area contributed by atoms with Crippen molar-refractivity contribution in [1.29, 1.82) is 0 Å². The highest BCUT2D eigenvalue weighted by atomic mass is 32.1. The molecule has 1 amide bonds. The van der Waals surface area contributed by atoms with Crippen LogP contribution in [0.5, 0.6) is 11.5 Å². The Kier molecular flexibility index (Phi) is 5.78. The Morgan fingerprint density at radius 3 is 2.61 bits per heavy atom. The lowest BCUT2D eigenvalue weighted by Crippen LogP contribution is -2.34. The summed E-state index contributed by atoms with van der Waals surface area (Å²) in [5.74, 6) is 0.861. The number of hydrogen-bond donors (Lipinski definition) is 1. The molecule has 0 radical (unpaired) electrons. The van der Waals surface area contributed by atoms with E-state index in [1.807, 2.05) is 37.4 Å². The fourth-order valence-corrected chi connectivity index (χ4v) is 3.53. The third-order valence-corrected chi connectivity index (χ3v) is 5.11. The summed E-state index contributed by atoms with van der Waals surface area (Å²) < 4.78 is 12.8. The molecule has 3 aromatic rings. The second-order valence-corrected chi connectivity index (χ2v) is 7.06. The third-order valence-electron chi connectivity index (χ3n) is 4.26. The predicted octanol–water partition coefficient (Wildman–Crippen LogP) is 1.69. The molecule has 2 aromatic heterocycles. The number of carbonyl (C=O) groups is 1. The Morgan fingerprint density at radius 2 is 1.96 bits per heavy atom. The van der Waals surface area contributed by atoms with Crippen LogP contribution in [0.2, 0.25) is 0 Å². The molecule has 0 spiro atoms. The molecule has 3 rings (SSSR count). The first-order chi connectivity index (χ1) is 13.4. The lowest BCUT2D eigenvalue weighted by molar-refractivity contribution is -0.122. The summed E-state index contributed by atoms with van der Waals surface area (Å²) in [6, 6.07) is 6.96. The molecule has 0 saturated heterocycles. The molecule has 1 aromatic carbocycles. The van der Waals surface area contributed by atoms with Gasteiger partial charge in [0.15, 0.2) is 11.5 Å². The van der Waals surface area contributed by atoms with Crippen LogP contribution in [0.3, 0.4) is 0 Å². The van der Waals surface area contributed by atoms with Crippen LogP contribution >= 0.6 is 11.3 Å². The van der Waals surface area contributed by atoms with Crippen LogP contribution in [0.15, 0.2) is 34.4 Å². The first-order valence-corrected chi connectivity index (χ1v) is 9.41. The first-order valence-electron chi connectivity index (χ1n) is 8.53. The van der Waals surface area contributed by atoms with E-state index in [9.17, 15) is 9.59 Å². The molecule has 1 atom stereocenters. The fraction of sp³-hybridized carbons (Fsp3) is 0.333. The number of ether oxygens (including phenoxy) is 2. The van der Waals surface area contributed by atoms with Gasteiger partial charge in [-0.05, 0) is 65.0 Å². The van der Waals surface area contributed by atoms with Crippen LogP contribution in [-0.4, -0.2) is 39.9 Å². The molecule has 0 bridgehead atoms. The van der Waals surface area contributed by atoms with Gasteiger partial charge in [0.25, 0.3) is 0 Å². The van der Waals surface area contributed by atoms with Crippen LogP contribution < -0.4 is 20.5 Å². The smallest absolute Gasteiger partial charge is 0.369 e. The summed E-state index contributed by atoms with van der Waals surface area (Å²) >= 11 is 1.36. The van der Waals surface area contributed by atoms with Crippen molar-refractivity contribution in [3.63, 3.8) is 0 Å². The van der Waals surface area contributed by atoms with Gasteiger partial charge >= 0.3 is 5.69 Å². The zero-order chi connectivity index (χ0) is 20.3. The normalized spacial score (nSPS) is 11.9. The molecular weight excluding hydrogens is 382 g/mol. The maximum Gasteiger partial charge on any atom is 0.369 e. The zero-order valence-corrected chi connectivity index (χ0v) is 16.8. The largest absolute Gasteiger partial charge is 0.493 e. The first kappa shape index (κ1) is 19.6. The number of thiophene rings is 1. The average Bonchev–Trinajstić information content (AvgIpc) is 3.31. The molecule has 2 heterocycles. The van der Waals surface area contributed by atoms with Gasteiger partial charge in [-0.25, -0.2) is 4.79 Å². The molecule has 10 heteroatoms. The van der Waals surface area contributed by atoms with Crippen LogP contribution in [-0.2, 0) is 11.3 Å². The van der Waals surface area contributed by atoms with Crippen LogP contribution in [0.25, 0.3) is 5.00 Å². The monoisotopic (exact) mass is 403 g/mol. The van der Waals surface area contributed by atoms with E-state index >= 15 is 0 Å². The van der Waals surface area contributed by atoms with Gasteiger partial charge in [0.05, 0.1) is 20.3 Å². The number of nitrogens with one attached hydrogen (secondary N) is 1. The number of carbonyl (C=O) groups excluding carboxylic acids is 1. The van der Waals surface area contributed by atoms with E-state index < -0.39 is 5.69 Å². The van der Waals surface area contributed by atoms with Gasteiger partial charge < -0.3 is 14.8 Å². The molecule has 148 valence electrons. The highest BCUT2D eigenvalue weighted by molar-refractivity contribution is 7.12. The van der Waals surface area contributed by atoms with Crippen molar-refractivity contribution in [2.45, 2.75) is 26.4 Å². The van der Waals surface area contributed by atoms with Crippen LogP contribution in [0, 0.1) is 6.92 Å². The second-order valence-electron chi connectivity index (χ2n) is 6.14. The van der Waals surface area contributed by atoms with E-state index in [-0.39, 0.29) is 18.5 Å². The number of benzene rings is 1. The Hall–Kier alpha value is -3.14. The molecule has 0 unspecified atom stereocenters. The van der Waals surface area contributed by atoms with E-state index in [2.05, 4.69) is 15.7 Å². The number of hydrogen-bond acceptors (Lipinski definition) is 7. The van der Waals surface area contributed by atoms with Gasteiger partial charge in [-0.3, -0.25) is 4.79 Å². The SMILES string of the molecule is COc1cc(C)c([C@@H](C)NC(=O)Cn2nnn(-c3cccs3)c2=O)cc1OC. The van der Waals surface area contributed by atoms with Gasteiger partial charge in [-0.2, -0.15) is 9.36 Å². The summed E-state index contributed by atoms with van der Waals surface area (Å²) in [4.78, 5) is 24.8. The van der Waals surface area contributed by atoms with E-state index in [1.54, 1.807) is 20.3 Å². The number of amides is 1. The fourth-order valence-electron chi connectivity index (χ4n) is 2.87. The maximum absolute atomic E-state index is 12.4. The minimum Gasteiger partial charge on any atom is -0.493 e. The molecule has 9 nitrogen and oxygen atoms in total. The van der Waals surface area contributed by atoms with Gasteiger partial charge in [0, 0.05) is 0 Å².